The van der Waals surface area contributed by atoms with E-state index in [1.807, 2.05) is 20.8 Å². The van der Waals surface area contributed by atoms with Gasteiger partial charge in [0.25, 0.3) is 0 Å². The van der Waals surface area contributed by atoms with E-state index in [4.69, 9.17) is 9.84 Å². The SMILES string of the molecule is CC(C)(C)OC(=O)CCCCC(=O)O.[Ag]. The number of esters is 1. The van der Waals surface area contributed by atoms with Gasteiger partial charge in [-0.15, -0.1) is 0 Å². The van der Waals surface area contributed by atoms with Gasteiger partial charge in [-0.25, -0.2) is 0 Å². The molecule has 0 spiro atoms. The summed E-state index contributed by atoms with van der Waals surface area (Å²) < 4.78 is 5.06. The molecule has 0 rings (SSSR count). The molecule has 93 valence electrons. The van der Waals surface area contributed by atoms with E-state index >= 15 is 0 Å². The van der Waals surface area contributed by atoms with Gasteiger partial charge in [-0.2, -0.15) is 0 Å². The van der Waals surface area contributed by atoms with Crippen LogP contribution in [0, 0.1) is 0 Å². The van der Waals surface area contributed by atoms with E-state index in [2.05, 4.69) is 0 Å². The number of hydrogen-bond donors (Lipinski definition) is 1. The molecule has 0 unspecified atom stereocenters. The van der Waals surface area contributed by atoms with Crippen molar-refractivity contribution in [1.29, 1.82) is 0 Å². The van der Waals surface area contributed by atoms with Gasteiger partial charge in [-0.1, -0.05) is 0 Å². The van der Waals surface area contributed by atoms with Crippen LogP contribution in [0.15, 0.2) is 0 Å². The van der Waals surface area contributed by atoms with Crippen molar-refractivity contribution in [2.75, 3.05) is 0 Å². The van der Waals surface area contributed by atoms with Crippen LogP contribution in [0.4, 0.5) is 0 Å². The molecular formula is C10H18AgO4. The molecule has 4 nitrogen and oxygen atoms in total. The van der Waals surface area contributed by atoms with E-state index in [1.54, 1.807) is 0 Å². The van der Waals surface area contributed by atoms with Crippen LogP contribution in [0.1, 0.15) is 46.5 Å². The van der Waals surface area contributed by atoms with Crippen molar-refractivity contribution in [2.24, 2.45) is 0 Å². The van der Waals surface area contributed by atoms with Gasteiger partial charge in [-0.3, -0.25) is 9.59 Å². The summed E-state index contributed by atoms with van der Waals surface area (Å²) in [6.45, 7) is 5.42. The van der Waals surface area contributed by atoms with Crippen LogP contribution >= 0.6 is 0 Å². The van der Waals surface area contributed by atoms with Crippen molar-refractivity contribution in [3.8, 4) is 0 Å². The molecule has 0 aliphatic carbocycles. The summed E-state index contributed by atoms with van der Waals surface area (Å²) >= 11 is 0. The Bertz CT molecular complexity index is 208. The van der Waals surface area contributed by atoms with Crippen molar-refractivity contribution in [2.45, 2.75) is 52.1 Å². The van der Waals surface area contributed by atoms with Crippen LogP contribution in [0.25, 0.3) is 0 Å². The molecule has 0 saturated heterocycles. The predicted molar refractivity (Wildman–Crippen MR) is 51.9 cm³/mol. The first-order chi connectivity index (χ1) is 6.31. The Hall–Kier alpha value is -0.320. The first-order valence-electron chi connectivity index (χ1n) is 4.75. The molecule has 1 N–H and O–H groups in total. The van der Waals surface area contributed by atoms with Crippen molar-refractivity contribution >= 4 is 11.9 Å². The third-order valence-electron chi connectivity index (χ3n) is 1.44. The van der Waals surface area contributed by atoms with Gasteiger partial charge in [0.05, 0.1) is 0 Å². The van der Waals surface area contributed by atoms with Gasteiger partial charge < -0.3 is 9.84 Å². The topological polar surface area (TPSA) is 63.6 Å². The predicted octanol–water partition coefficient (Wildman–Crippen LogP) is 1.97. The van der Waals surface area contributed by atoms with Crippen LogP contribution in [0.3, 0.4) is 0 Å². The summed E-state index contributed by atoms with van der Waals surface area (Å²) in [7, 11) is 0. The minimum Gasteiger partial charge on any atom is -0.481 e. The summed E-state index contributed by atoms with van der Waals surface area (Å²) in [6, 6.07) is 0. The maximum atomic E-state index is 11.1. The first kappa shape index (κ1) is 17.1. The second-order valence-corrected chi connectivity index (χ2v) is 4.19. The van der Waals surface area contributed by atoms with Gasteiger partial charge in [0.15, 0.2) is 0 Å². The number of carboxylic acids is 1. The molecule has 0 heterocycles. The second-order valence-electron chi connectivity index (χ2n) is 4.19. The quantitative estimate of drug-likeness (QED) is 0.479. The molecule has 0 saturated carbocycles. The summed E-state index contributed by atoms with van der Waals surface area (Å²) in [6.07, 6.45) is 1.50. The Morgan fingerprint density at radius 1 is 1.13 bits per heavy atom. The van der Waals surface area contributed by atoms with E-state index < -0.39 is 11.6 Å². The zero-order valence-corrected chi connectivity index (χ0v) is 10.8. The number of carboxylic acid groups (broad SMARTS) is 1. The molecule has 0 aliphatic heterocycles. The minimum absolute atomic E-state index is 0. The van der Waals surface area contributed by atoms with Crippen LogP contribution < -0.4 is 0 Å². The average Bonchev–Trinajstić information content (AvgIpc) is 1.94. The molecular weight excluding hydrogens is 292 g/mol. The second kappa shape index (κ2) is 7.91. The number of hydrogen-bond acceptors (Lipinski definition) is 3. The van der Waals surface area contributed by atoms with E-state index in [0.717, 1.165) is 0 Å². The number of ether oxygens (including phenoxy) is 1. The van der Waals surface area contributed by atoms with Crippen molar-refractivity contribution in [3.05, 3.63) is 0 Å². The average molecular weight is 310 g/mol. The zero-order valence-electron chi connectivity index (χ0n) is 9.30. The van der Waals surface area contributed by atoms with Crippen molar-refractivity contribution in [3.63, 3.8) is 0 Å². The summed E-state index contributed by atoms with van der Waals surface area (Å²) in [5.74, 6) is -1.09. The largest absolute Gasteiger partial charge is 0.481 e. The maximum Gasteiger partial charge on any atom is 0.306 e. The van der Waals surface area contributed by atoms with E-state index in [1.165, 1.54) is 0 Å². The molecule has 0 amide bonds. The number of unbranched alkanes of at least 4 members (excludes halogenated alkanes) is 1. The Morgan fingerprint density at radius 3 is 2.00 bits per heavy atom. The van der Waals surface area contributed by atoms with E-state index in [0.29, 0.717) is 19.3 Å². The fraction of sp³-hybridized carbons (Fsp3) is 0.800. The number of carbonyl (C=O) groups is 2. The van der Waals surface area contributed by atoms with Gasteiger partial charge in [0, 0.05) is 35.2 Å². The van der Waals surface area contributed by atoms with Crippen LogP contribution in [0.5, 0.6) is 0 Å². The zero-order chi connectivity index (χ0) is 11.2. The normalized spacial score (nSPS) is 10.3. The first-order valence-corrected chi connectivity index (χ1v) is 4.75. The molecule has 5 heteroatoms. The molecule has 0 atom stereocenters. The summed E-state index contributed by atoms with van der Waals surface area (Å²) in [5.41, 5.74) is -0.454. The molecule has 0 aromatic heterocycles. The molecule has 0 aromatic rings. The Balaban J connectivity index is 0. The van der Waals surface area contributed by atoms with E-state index in [-0.39, 0.29) is 34.8 Å². The monoisotopic (exact) mass is 309 g/mol. The van der Waals surface area contributed by atoms with Crippen molar-refractivity contribution in [1.82, 2.24) is 0 Å². The Labute approximate surface area is 106 Å². The molecule has 0 bridgehead atoms. The number of carbonyl (C=O) groups excluding carboxylic acids is 1. The maximum absolute atomic E-state index is 11.1. The third-order valence-corrected chi connectivity index (χ3v) is 1.44. The minimum atomic E-state index is -0.825. The molecule has 0 aliphatic rings. The smallest absolute Gasteiger partial charge is 0.306 e. The number of aliphatic carboxylic acids is 1. The van der Waals surface area contributed by atoms with Crippen LogP contribution in [-0.2, 0) is 36.7 Å². The standard InChI is InChI=1S/C10H18O4.Ag/c1-10(2,3)14-9(13)7-5-4-6-8(11)12;/h4-7H2,1-3H3,(H,11,12);. The molecule has 0 fully saturated rings. The van der Waals surface area contributed by atoms with E-state index in [9.17, 15) is 9.59 Å². The van der Waals surface area contributed by atoms with Gasteiger partial charge in [0.1, 0.15) is 5.60 Å². The molecule has 15 heavy (non-hydrogen) atoms. The molecule has 0 aromatic carbocycles. The summed E-state index contributed by atoms with van der Waals surface area (Å²) in [5, 5.41) is 8.35. The van der Waals surface area contributed by atoms with Crippen LogP contribution in [-0.4, -0.2) is 22.6 Å². The Morgan fingerprint density at radius 2 is 1.60 bits per heavy atom. The fourth-order valence-electron chi connectivity index (χ4n) is 0.938. The summed E-state index contributed by atoms with van der Waals surface area (Å²) in [4.78, 5) is 21.3. The third kappa shape index (κ3) is 13.7. The van der Waals surface area contributed by atoms with Gasteiger partial charge in [0.2, 0.25) is 0 Å². The number of rotatable bonds is 5. The molecule has 1 radical (unpaired) electrons. The van der Waals surface area contributed by atoms with Crippen molar-refractivity contribution < 1.29 is 41.8 Å². The Kier molecular flexibility index (Phi) is 9.01. The van der Waals surface area contributed by atoms with Crippen LogP contribution in [0.2, 0.25) is 0 Å². The fourth-order valence-corrected chi connectivity index (χ4v) is 0.938. The van der Waals surface area contributed by atoms with Gasteiger partial charge >= 0.3 is 11.9 Å². The van der Waals surface area contributed by atoms with Gasteiger partial charge in [-0.05, 0) is 33.6 Å².